The monoisotopic (exact) mass is 286 g/mol. The van der Waals surface area contributed by atoms with E-state index in [0.29, 0.717) is 12.1 Å². The number of hydrogen-bond acceptors (Lipinski definition) is 2. The fourth-order valence-corrected chi connectivity index (χ4v) is 2.12. The molecule has 0 aliphatic heterocycles. The van der Waals surface area contributed by atoms with E-state index in [2.05, 4.69) is 16.4 Å². The molecule has 2 aromatic rings. The lowest BCUT2D eigenvalue weighted by atomic mass is 10.1. The standard InChI is InChI=1S/C17H19FN2O/c18-16-8-3-6-15(11-16)12-17(21)20-10-2-1-5-14-7-4-9-19-13-14/h3-4,6-9,11,13H,1-2,5,10,12H2,(H,20,21). The maximum absolute atomic E-state index is 13.0. The first-order chi connectivity index (χ1) is 10.2. The zero-order chi connectivity index (χ0) is 14.9. The summed E-state index contributed by atoms with van der Waals surface area (Å²) in [6, 6.07) is 10.1. The summed E-state index contributed by atoms with van der Waals surface area (Å²) >= 11 is 0. The first-order valence-electron chi connectivity index (χ1n) is 7.14. The van der Waals surface area contributed by atoms with Gasteiger partial charge in [0.05, 0.1) is 6.42 Å². The van der Waals surface area contributed by atoms with E-state index in [1.165, 1.54) is 17.7 Å². The molecule has 1 N–H and O–H groups in total. The molecule has 0 saturated heterocycles. The third kappa shape index (κ3) is 5.73. The second-order valence-electron chi connectivity index (χ2n) is 4.98. The quantitative estimate of drug-likeness (QED) is 0.795. The Hall–Kier alpha value is -2.23. The van der Waals surface area contributed by atoms with Gasteiger partial charge < -0.3 is 5.32 Å². The number of hydrogen-bond donors (Lipinski definition) is 1. The highest BCUT2D eigenvalue weighted by molar-refractivity contribution is 5.78. The fraction of sp³-hybridized carbons (Fsp3) is 0.294. The van der Waals surface area contributed by atoms with E-state index in [-0.39, 0.29) is 18.1 Å². The van der Waals surface area contributed by atoms with E-state index in [1.807, 2.05) is 12.3 Å². The zero-order valence-electron chi connectivity index (χ0n) is 11.9. The zero-order valence-corrected chi connectivity index (χ0v) is 11.9. The van der Waals surface area contributed by atoms with Crippen LogP contribution < -0.4 is 5.32 Å². The van der Waals surface area contributed by atoms with Gasteiger partial charge in [-0.1, -0.05) is 18.2 Å². The van der Waals surface area contributed by atoms with Crippen molar-refractivity contribution in [1.29, 1.82) is 0 Å². The summed E-state index contributed by atoms with van der Waals surface area (Å²) in [4.78, 5) is 15.8. The van der Waals surface area contributed by atoms with Crippen LogP contribution in [0, 0.1) is 5.82 Å². The fourth-order valence-electron chi connectivity index (χ4n) is 2.12. The molecule has 0 fully saturated rings. The summed E-state index contributed by atoms with van der Waals surface area (Å²) in [5.74, 6) is -0.376. The van der Waals surface area contributed by atoms with Gasteiger partial charge in [-0.15, -0.1) is 0 Å². The molecule has 3 nitrogen and oxygen atoms in total. The summed E-state index contributed by atoms with van der Waals surface area (Å²) in [7, 11) is 0. The number of pyridine rings is 1. The van der Waals surface area contributed by atoms with Crippen molar-refractivity contribution in [3.63, 3.8) is 0 Å². The van der Waals surface area contributed by atoms with Gasteiger partial charge in [0.2, 0.25) is 5.91 Å². The van der Waals surface area contributed by atoms with Gasteiger partial charge in [0.25, 0.3) is 0 Å². The summed E-state index contributed by atoms with van der Waals surface area (Å²) in [6.45, 7) is 0.647. The molecule has 2 rings (SSSR count). The van der Waals surface area contributed by atoms with Crippen LogP contribution in [0.1, 0.15) is 24.0 Å². The number of halogens is 1. The van der Waals surface area contributed by atoms with Crippen molar-refractivity contribution in [3.8, 4) is 0 Å². The van der Waals surface area contributed by atoms with E-state index in [0.717, 1.165) is 19.3 Å². The van der Waals surface area contributed by atoms with Gasteiger partial charge in [-0.05, 0) is 48.6 Å². The number of nitrogens with zero attached hydrogens (tertiary/aromatic N) is 1. The second kappa shape index (κ2) is 8.15. The molecule has 0 spiro atoms. The number of carbonyl (C=O) groups excluding carboxylic acids is 1. The topological polar surface area (TPSA) is 42.0 Å². The van der Waals surface area contributed by atoms with E-state index in [1.54, 1.807) is 18.3 Å². The normalized spacial score (nSPS) is 10.3. The van der Waals surface area contributed by atoms with Gasteiger partial charge in [0, 0.05) is 18.9 Å². The second-order valence-corrected chi connectivity index (χ2v) is 4.98. The third-order valence-corrected chi connectivity index (χ3v) is 3.19. The van der Waals surface area contributed by atoms with E-state index < -0.39 is 0 Å². The van der Waals surface area contributed by atoms with Crippen molar-refractivity contribution < 1.29 is 9.18 Å². The minimum absolute atomic E-state index is 0.0676. The molecule has 1 heterocycles. The average Bonchev–Trinajstić information content (AvgIpc) is 2.48. The van der Waals surface area contributed by atoms with Gasteiger partial charge in [-0.2, -0.15) is 0 Å². The Morgan fingerprint density at radius 2 is 2.00 bits per heavy atom. The largest absolute Gasteiger partial charge is 0.356 e. The number of carbonyl (C=O) groups is 1. The summed E-state index contributed by atoms with van der Waals surface area (Å²) in [6.07, 6.45) is 6.74. The number of benzene rings is 1. The van der Waals surface area contributed by atoms with Gasteiger partial charge in [0.1, 0.15) is 5.82 Å². The molecule has 1 amide bonds. The van der Waals surface area contributed by atoms with Crippen molar-refractivity contribution in [2.45, 2.75) is 25.7 Å². The van der Waals surface area contributed by atoms with Crippen LogP contribution >= 0.6 is 0 Å². The van der Waals surface area contributed by atoms with Crippen LogP contribution in [0.15, 0.2) is 48.8 Å². The molecule has 0 unspecified atom stereocenters. The molecule has 21 heavy (non-hydrogen) atoms. The van der Waals surface area contributed by atoms with Gasteiger partial charge in [-0.3, -0.25) is 9.78 Å². The lowest BCUT2D eigenvalue weighted by molar-refractivity contribution is -0.120. The number of rotatable bonds is 7. The van der Waals surface area contributed by atoms with Crippen LogP contribution in [-0.4, -0.2) is 17.4 Å². The first kappa shape index (κ1) is 15.2. The molecule has 0 bridgehead atoms. The van der Waals surface area contributed by atoms with E-state index in [9.17, 15) is 9.18 Å². The smallest absolute Gasteiger partial charge is 0.224 e. The van der Waals surface area contributed by atoms with Crippen LogP contribution in [0.2, 0.25) is 0 Å². The Balaban J connectivity index is 1.61. The predicted molar refractivity (Wildman–Crippen MR) is 80.3 cm³/mol. The highest BCUT2D eigenvalue weighted by atomic mass is 19.1. The van der Waals surface area contributed by atoms with Gasteiger partial charge in [0.15, 0.2) is 0 Å². The van der Waals surface area contributed by atoms with Crippen molar-refractivity contribution in [1.82, 2.24) is 10.3 Å². The molecule has 0 atom stereocenters. The van der Waals surface area contributed by atoms with Crippen LogP contribution in [0.25, 0.3) is 0 Å². The number of unbranched alkanes of at least 4 members (excludes halogenated alkanes) is 1. The van der Waals surface area contributed by atoms with Crippen molar-refractivity contribution in [2.75, 3.05) is 6.54 Å². The Kier molecular flexibility index (Phi) is 5.88. The molecule has 110 valence electrons. The van der Waals surface area contributed by atoms with Crippen LogP contribution in [0.4, 0.5) is 4.39 Å². The lowest BCUT2D eigenvalue weighted by Gasteiger charge is -2.05. The van der Waals surface area contributed by atoms with Gasteiger partial charge >= 0.3 is 0 Å². The molecule has 0 saturated carbocycles. The number of aryl methyl sites for hydroxylation is 1. The number of amides is 1. The first-order valence-corrected chi connectivity index (χ1v) is 7.14. The maximum Gasteiger partial charge on any atom is 0.224 e. The molecular formula is C17H19FN2O. The van der Waals surface area contributed by atoms with Crippen LogP contribution in [-0.2, 0) is 17.6 Å². The van der Waals surface area contributed by atoms with Gasteiger partial charge in [-0.25, -0.2) is 4.39 Å². The molecular weight excluding hydrogens is 267 g/mol. The van der Waals surface area contributed by atoms with E-state index >= 15 is 0 Å². The molecule has 4 heteroatoms. The summed E-state index contributed by atoms with van der Waals surface area (Å²) in [5.41, 5.74) is 1.91. The highest BCUT2D eigenvalue weighted by Crippen LogP contribution is 2.05. The Morgan fingerprint density at radius 3 is 2.76 bits per heavy atom. The number of nitrogens with one attached hydrogen (secondary N) is 1. The molecule has 1 aromatic heterocycles. The summed E-state index contributed by atoms with van der Waals surface area (Å²) < 4.78 is 13.0. The van der Waals surface area contributed by atoms with E-state index in [4.69, 9.17) is 0 Å². The Bertz CT molecular complexity index is 572. The van der Waals surface area contributed by atoms with Crippen molar-refractivity contribution in [3.05, 3.63) is 65.7 Å². The molecule has 0 aliphatic rings. The lowest BCUT2D eigenvalue weighted by Crippen LogP contribution is -2.26. The Morgan fingerprint density at radius 1 is 1.14 bits per heavy atom. The minimum atomic E-state index is -0.309. The average molecular weight is 286 g/mol. The van der Waals surface area contributed by atoms with Crippen LogP contribution in [0.3, 0.4) is 0 Å². The minimum Gasteiger partial charge on any atom is -0.356 e. The molecule has 0 aliphatic carbocycles. The van der Waals surface area contributed by atoms with Crippen molar-refractivity contribution >= 4 is 5.91 Å². The SMILES string of the molecule is O=C(Cc1cccc(F)c1)NCCCCc1cccnc1. The van der Waals surface area contributed by atoms with Crippen LogP contribution in [0.5, 0.6) is 0 Å². The predicted octanol–water partition coefficient (Wildman–Crippen LogP) is 2.90. The molecule has 1 aromatic carbocycles. The third-order valence-electron chi connectivity index (χ3n) is 3.19. The van der Waals surface area contributed by atoms with Crippen molar-refractivity contribution in [2.24, 2.45) is 0 Å². The highest BCUT2D eigenvalue weighted by Gasteiger charge is 2.03. The summed E-state index contributed by atoms with van der Waals surface area (Å²) in [5, 5.41) is 2.86. The molecule has 0 radical (unpaired) electrons. The maximum atomic E-state index is 13.0. The Labute approximate surface area is 124 Å². The number of aromatic nitrogens is 1.